The number of imide groups is 2. The summed E-state index contributed by atoms with van der Waals surface area (Å²) in [5.41, 5.74) is 8.24. The molecule has 0 unspecified atom stereocenters. The quantitative estimate of drug-likeness (QED) is 0.00819. The lowest BCUT2D eigenvalue weighted by atomic mass is 10.1. The van der Waals surface area contributed by atoms with Gasteiger partial charge in [0.15, 0.2) is 5.75 Å². The van der Waals surface area contributed by atoms with Gasteiger partial charge in [-0.15, -0.1) is 0 Å². The molecule has 6 aromatic carbocycles. The second-order valence-electron chi connectivity index (χ2n) is 25.0. The van der Waals surface area contributed by atoms with Gasteiger partial charge in [-0.3, -0.25) is 48.2 Å². The number of ether oxygens (including phenoxy) is 4. The molecule has 6 aliphatic rings. The Labute approximate surface area is 681 Å². The van der Waals surface area contributed by atoms with E-state index in [4.69, 9.17) is 40.1 Å². The lowest BCUT2D eigenvalue weighted by molar-refractivity contribution is -0.140. The van der Waals surface area contributed by atoms with Gasteiger partial charge in [0, 0.05) is 25.6 Å². The number of carbonyl (C=O) groups is 12. The number of carboxylic acid groups (broad SMARTS) is 3. The van der Waals surface area contributed by atoms with Crippen LogP contribution in [0.2, 0.25) is 0 Å². The van der Waals surface area contributed by atoms with E-state index < -0.39 is 120 Å². The van der Waals surface area contributed by atoms with E-state index in [1.807, 2.05) is 67.6 Å². The fourth-order valence-corrected chi connectivity index (χ4v) is 11.0. The van der Waals surface area contributed by atoms with Crippen molar-refractivity contribution in [2.24, 2.45) is 5.73 Å². The van der Waals surface area contributed by atoms with Gasteiger partial charge in [-0.05, 0) is 106 Å². The molecule has 0 aliphatic carbocycles. The first kappa shape index (κ1) is 106. The highest BCUT2D eigenvalue weighted by Crippen LogP contribution is 2.29. The number of fused-ring (bicyclic) bond motifs is 3. The Kier molecular flexibility index (Phi) is 49.6. The Morgan fingerprint density at radius 3 is 1.08 bits per heavy atom. The molecule has 36 heteroatoms. The molecule has 6 aliphatic heterocycles. The van der Waals surface area contributed by atoms with E-state index in [-0.39, 0.29) is 108 Å². The average molecular weight is 1670 g/mol. The molecular formula is C82H108F5N7O24. The third-order valence-corrected chi connectivity index (χ3v) is 17.0. The maximum atomic E-state index is 12.2. The number of nitrogens with two attached hydrogens (primary N) is 1. The minimum atomic E-state index is -2.29. The number of β-amino-alcohol motifs (C(OH)–C–C–N with tert-alkyl or cyclic N) is 3. The first-order valence-corrected chi connectivity index (χ1v) is 36.1. The molecule has 6 atom stereocenters. The number of esters is 3. The predicted molar refractivity (Wildman–Crippen MR) is 421 cm³/mol. The summed E-state index contributed by atoms with van der Waals surface area (Å²) >= 11 is 0. The molecule has 0 bridgehead atoms. The molecule has 11 N–H and O–H groups in total. The number of phenols is 1. The van der Waals surface area contributed by atoms with Crippen LogP contribution in [0.4, 0.5) is 31.5 Å². The summed E-state index contributed by atoms with van der Waals surface area (Å²) < 4.78 is 79.8. The maximum Gasteiger partial charge on any atom is 0.410 e. The van der Waals surface area contributed by atoms with Crippen molar-refractivity contribution in [2.75, 3.05) is 72.1 Å². The SMILES string of the molecule is C.C.C.CCN(CC)CC.CCOC(C)=O.CC[C@@H]1C[C@@H](O)CN1.CC[C@@H]1C[C@@H](O)CN1C(=O)OCc1ccccc1.NCC(=O)O.O=C(O)CN1C(=O)c2ccccc2C1=O.O=C(O)CN1C(=O)c2ccccc2C1=O.O=C(OCc1ccccc1)N1C[C@H](O)C[C@H]1CO.O=C1OC(=O)c2ccccc21.Oc1c(F)c(F)c(F)c(F)c1F. The molecule has 3 fully saturated rings. The Morgan fingerprint density at radius 2 is 0.814 bits per heavy atom. The molecule has 6 aromatic rings. The predicted octanol–water partition coefficient (Wildman–Crippen LogP) is 9.71. The number of aromatic hydroxyl groups is 1. The Morgan fingerprint density at radius 1 is 0.483 bits per heavy atom. The summed E-state index contributed by atoms with van der Waals surface area (Å²) in [6.45, 7) is 18.2. The number of likely N-dealkylation sites (tertiary alicyclic amines) is 2. The normalized spacial score (nSPS) is 17.0. The number of aliphatic hydroxyl groups is 4. The van der Waals surface area contributed by atoms with Gasteiger partial charge < -0.3 is 85.5 Å². The monoisotopic (exact) mass is 1670 g/mol. The summed E-state index contributed by atoms with van der Waals surface area (Å²) in [5.74, 6) is -19.8. The Hall–Kier alpha value is -11.7. The summed E-state index contributed by atoms with van der Waals surface area (Å²) in [7, 11) is 0. The fraction of sp³-hybridized carbons (Fsp3) is 0.415. The average Bonchev–Trinajstić information content (AvgIpc) is 1.72. The number of aliphatic hydroxyl groups excluding tert-OH is 4. The molecule has 0 saturated carbocycles. The van der Waals surface area contributed by atoms with E-state index in [9.17, 15) is 89.7 Å². The molecular weight excluding hydrogens is 1560 g/mol. The molecule has 6 heterocycles. The first-order valence-electron chi connectivity index (χ1n) is 36.1. The molecule has 0 radical (unpaired) electrons. The van der Waals surface area contributed by atoms with E-state index in [2.05, 4.69) is 53.1 Å². The zero-order valence-electron chi connectivity index (χ0n) is 64.2. The van der Waals surface area contributed by atoms with Gasteiger partial charge in [0.1, 0.15) is 26.3 Å². The van der Waals surface area contributed by atoms with Crippen LogP contribution >= 0.6 is 0 Å². The minimum Gasteiger partial charge on any atom is -0.503 e. The van der Waals surface area contributed by atoms with E-state index in [0.29, 0.717) is 43.2 Å². The lowest BCUT2D eigenvalue weighted by Gasteiger charge is -2.22. The van der Waals surface area contributed by atoms with Crippen molar-refractivity contribution in [3.05, 3.63) is 207 Å². The van der Waals surface area contributed by atoms with Crippen molar-refractivity contribution in [1.82, 2.24) is 29.8 Å². The summed E-state index contributed by atoms with van der Waals surface area (Å²) in [4.78, 5) is 139. The van der Waals surface area contributed by atoms with Crippen molar-refractivity contribution in [1.29, 1.82) is 0 Å². The van der Waals surface area contributed by atoms with E-state index in [1.54, 1.807) is 60.4 Å². The van der Waals surface area contributed by atoms with E-state index in [1.165, 1.54) is 55.7 Å². The zero-order valence-corrected chi connectivity index (χ0v) is 64.2. The third-order valence-electron chi connectivity index (χ3n) is 17.0. The topological polar surface area (TPSA) is 458 Å². The first-order chi connectivity index (χ1) is 54.6. The largest absolute Gasteiger partial charge is 0.503 e. The number of phenolic OH excluding ortho intramolecular Hbond substituents is 1. The van der Waals surface area contributed by atoms with Crippen LogP contribution in [0.5, 0.6) is 5.75 Å². The van der Waals surface area contributed by atoms with Crippen molar-refractivity contribution in [2.45, 2.75) is 153 Å². The Balaban J connectivity index is 0.00000131. The van der Waals surface area contributed by atoms with Crippen molar-refractivity contribution in [3.8, 4) is 5.75 Å². The highest BCUT2D eigenvalue weighted by molar-refractivity contribution is 6.23. The number of cyclic esters (lactones) is 2. The molecule has 118 heavy (non-hydrogen) atoms. The van der Waals surface area contributed by atoms with Crippen LogP contribution in [0.1, 0.15) is 176 Å². The number of carbonyl (C=O) groups excluding carboxylic acids is 9. The van der Waals surface area contributed by atoms with Crippen LogP contribution in [0.3, 0.4) is 0 Å². The molecule has 0 aromatic heterocycles. The summed E-state index contributed by atoms with van der Waals surface area (Å²) in [6.07, 6.45) is 2.07. The van der Waals surface area contributed by atoms with Crippen molar-refractivity contribution >= 4 is 71.6 Å². The number of rotatable bonds is 16. The van der Waals surface area contributed by atoms with Crippen LogP contribution in [0.15, 0.2) is 133 Å². The van der Waals surface area contributed by atoms with Crippen LogP contribution in [-0.2, 0) is 51.3 Å². The van der Waals surface area contributed by atoms with Crippen LogP contribution in [0, 0.1) is 29.1 Å². The van der Waals surface area contributed by atoms with Crippen LogP contribution in [0.25, 0.3) is 0 Å². The molecule has 0 spiro atoms. The number of hydrogen-bond donors (Lipinski definition) is 10. The van der Waals surface area contributed by atoms with Gasteiger partial charge in [-0.25, -0.2) is 32.3 Å². The van der Waals surface area contributed by atoms with E-state index >= 15 is 0 Å². The number of aliphatic carboxylic acids is 3. The highest BCUT2D eigenvalue weighted by atomic mass is 19.2. The molecule has 3 saturated heterocycles. The van der Waals surface area contributed by atoms with Crippen LogP contribution in [-0.4, -0.2) is 246 Å². The van der Waals surface area contributed by atoms with Gasteiger partial charge in [-0.1, -0.05) is 154 Å². The number of amides is 6. The lowest BCUT2D eigenvalue weighted by Crippen LogP contribution is -2.38. The number of benzene rings is 6. The molecule has 12 rings (SSSR count). The summed E-state index contributed by atoms with van der Waals surface area (Å²) in [5, 5.41) is 73.3. The van der Waals surface area contributed by atoms with Crippen molar-refractivity contribution < 1.29 is 139 Å². The second kappa shape index (κ2) is 55.0. The fourth-order valence-electron chi connectivity index (χ4n) is 11.0. The smallest absolute Gasteiger partial charge is 0.410 e. The number of carboxylic acids is 3. The molecule has 6 amide bonds. The maximum absolute atomic E-state index is 12.2. The molecule has 31 nitrogen and oxygen atoms in total. The van der Waals surface area contributed by atoms with Gasteiger partial charge in [0.05, 0.1) is 90.6 Å². The van der Waals surface area contributed by atoms with Gasteiger partial charge in [0.25, 0.3) is 23.6 Å². The highest BCUT2D eigenvalue weighted by Gasteiger charge is 2.39. The van der Waals surface area contributed by atoms with Gasteiger partial charge >= 0.3 is 48.0 Å². The van der Waals surface area contributed by atoms with Gasteiger partial charge in [0.2, 0.25) is 29.1 Å². The Bertz CT molecular complexity index is 3850. The third kappa shape index (κ3) is 33.9. The minimum absolute atomic E-state index is 0. The van der Waals surface area contributed by atoms with Gasteiger partial charge in [-0.2, -0.15) is 8.78 Å². The van der Waals surface area contributed by atoms with Crippen molar-refractivity contribution in [3.63, 3.8) is 0 Å². The number of hydrogen-bond acceptors (Lipinski definition) is 24. The van der Waals surface area contributed by atoms with Crippen LogP contribution < -0.4 is 11.1 Å². The zero-order chi connectivity index (χ0) is 86.2. The summed E-state index contributed by atoms with van der Waals surface area (Å²) in [6, 6.07) is 38.4. The van der Waals surface area contributed by atoms with E-state index in [0.717, 1.165) is 46.7 Å². The second-order valence-corrected chi connectivity index (χ2v) is 25.0. The molecule has 650 valence electrons. The number of halogens is 5. The standard InChI is InChI=1S/C14H19NO3.C13H17NO4.2C10H7NO4.C8H4O3.C6HF5O.C6H13NO.C6H15N.C4H8O2.C2H5NO2.3CH4/c1-2-12-8-13(16)9-15(12)14(17)18-10-11-6-4-3-5-7-11;15-8-11-6-12(16)7-14(11)13(17)18-9-10-4-2-1-3-5-10;2*12-8(13)5-11-9(14)6-3-1-2-4-7(6)10(11)15;9-7-5-3-1-2-4-6(5)8(10)11-7;7-1-2(8)4(10)6(12)5(11)3(1)9;1-2-5-3-6(8)4-7-5;1-4-7(5-2)6-3;1-3-6-4(2)5;3-1-2(4)5;;;/h3-7,12-13,16H,2,8-10H2,1H3;1-5,11-12,15-16H,6-9H2;2*1-4H,5H2,(H,12,13);1-4H;12H;5-8H,2-4H2,1H3;4-6H2,1-3H3;3H2,1-2H3;1,3H2,(H,4,5);3*1H4/t12-,13-;11-,12+;;;;;5-,6-;;;;;;/m10....1....../s1. The number of nitrogens with zero attached hydrogens (tertiary/aromatic N) is 5. The number of nitrogens with one attached hydrogen (secondary N) is 1.